The van der Waals surface area contributed by atoms with Crippen LogP contribution in [0.25, 0.3) is 0 Å². The molecule has 2 nitrogen and oxygen atoms in total. The molecule has 0 unspecified atom stereocenters. The third kappa shape index (κ3) is 3.89. The second kappa shape index (κ2) is 4.24. The first-order chi connectivity index (χ1) is 4.95. The molecule has 0 spiro atoms. The fourth-order valence-electron chi connectivity index (χ4n) is 0.396. The van der Waals surface area contributed by atoms with Crippen molar-refractivity contribution in [2.24, 2.45) is 0 Å². The van der Waals surface area contributed by atoms with E-state index in [0.717, 1.165) is 5.47 Å². The molecule has 0 aliphatic rings. The summed E-state index contributed by atoms with van der Waals surface area (Å²) in [5.41, 5.74) is 1.16. The summed E-state index contributed by atoms with van der Waals surface area (Å²) in [4.78, 5) is 10.3. The smallest absolute Gasteiger partial charge is 0.331 e. The fraction of sp³-hybridized carbons (Fsp3) is 0.286. The lowest BCUT2D eigenvalue weighted by molar-refractivity contribution is -0.132. The van der Waals surface area contributed by atoms with Crippen LogP contribution < -0.4 is 0 Å². The molecular formula is C7H10BClO2. The maximum absolute atomic E-state index is 10.3. The van der Waals surface area contributed by atoms with Crippen molar-refractivity contribution in [1.82, 2.24) is 0 Å². The van der Waals surface area contributed by atoms with Gasteiger partial charge in [-0.3, -0.25) is 0 Å². The lowest BCUT2D eigenvalue weighted by Gasteiger charge is -1.94. The molecule has 0 fully saturated rings. The monoisotopic (exact) mass is 172 g/mol. The first kappa shape index (κ1) is 10.3. The molecule has 0 amide bonds. The number of carboxylic acids is 1. The molecule has 0 aliphatic heterocycles. The Bertz CT molecular complexity index is 227. The van der Waals surface area contributed by atoms with Crippen LogP contribution in [0.3, 0.4) is 0 Å². The minimum Gasteiger partial charge on any atom is -0.478 e. The number of halogens is 1. The van der Waals surface area contributed by atoms with Crippen molar-refractivity contribution in [1.29, 1.82) is 0 Å². The number of allylic oxidation sites excluding steroid dienone is 3. The van der Waals surface area contributed by atoms with Crippen LogP contribution >= 0.6 is 11.6 Å². The van der Waals surface area contributed by atoms with E-state index in [4.69, 9.17) is 16.7 Å². The van der Waals surface area contributed by atoms with Crippen molar-refractivity contribution >= 4 is 25.4 Å². The van der Waals surface area contributed by atoms with Crippen molar-refractivity contribution in [2.45, 2.75) is 13.8 Å². The summed E-state index contributed by atoms with van der Waals surface area (Å²) in [6, 6.07) is 0. The zero-order valence-electron chi connectivity index (χ0n) is 6.81. The molecular weight excluding hydrogens is 162 g/mol. The minimum absolute atomic E-state index is 0.246. The third-order valence-electron chi connectivity index (χ3n) is 1.16. The number of aliphatic carboxylic acids is 1. The Hall–Kier alpha value is -0.695. The molecule has 1 N–H and O–H groups in total. The van der Waals surface area contributed by atoms with E-state index in [-0.39, 0.29) is 5.57 Å². The number of carbonyl (C=O) groups is 1. The molecule has 60 valence electrons. The van der Waals surface area contributed by atoms with Gasteiger partial charge in [-0.1, -0.05) is 24.0 Å². The normalized spacial score (nSPS) is 14.3. The van der Waals surface area contributed by atoms with Gasteiger partial charge in [0.1, 0.15) is 7.85 Å². The molecule has 0 radical (unpaired) electrons. The summed E-state index contributed by atoms with van der Waals surface area (Å²) in [5.74, 6) is -0.940. The summed E-state index contributed by atoms with van der Waals surface area (Å²) in [6.45, 7) is 3.33. The molecule has 0 aromatic heterocycles. The van der Waals surface area contributed by atoms with E-state index in [0.29, 0.717) is 5.03 Å². The molecule has 0 bridgehead atoms. The summed E-state index contributed by atoms with van der Waals surface area (Å²) in [5, 5.41) is 8.95. The SMILES string of the molecule is B/C(C)=C(Cl)/C=C(\C)C(=O)O. The highest BCUT2D eigenvalue weighted by Crippen LogP contribution is 2.10. The minimum atomic E-state index is -0.940. The van der Waals surface area contributed by atoms with Crippen LogP contribution in [0.1, 0.15) is 13.8 Å². The largest absolute Gasteiger partial charge is 0.478 e. The maximum Gasteiger partial charge on any atom is 0.331 e. The van der Waals surface area contributed by atoms with Gasteiger partial charge < -0.3 is 5.11 Å². The number of rotatable bonds is 2. The summed E-state index contributed by atoms with van der Waals surface area (Å²) in [7, 11) is 1.83. The molecule has 0 heterocycles. The van der Waals surface area contributed by atoms with E-state index >= 15 is 0 Å². The van der Waals surface area contributed by atoms with Gasteiger partial charge in [-0.25, -0.2) is 4.79 Å². The Morgan fingerprint density at radius 1 is 1.55 bits per heavy atom. The Balaban J connectivity index is 4.58. The van der Waals surface area contributed by atoms with E-state index in [1.807, 2.05) is 14.8 Å². The predicted octanol–water partition coefficient (Wildman–Crippen LogP) is 1.12. The van der Waals surface area contributed by atoms with Crippen molar-refractivity contribution in [3.8, 4) is 0 Å². The lowest BCUT2D eigenvalue weighted by atomic mass is 9.97. The van der Waals surface area contributed by atoms with E-state index in [1.165, 1.54) is 13.0 Å². The summed E-state index contributed by atoms with van der Waals surface area (Å²) in [6.07, 6.45) is 1.44. The number of hydrogen-bond acceptors (Lipinski definition) is 1. The van der Waals surface area contributed by atoms with E-state index < -0.39 is 5.97 Å². The highest BCUT2D eigenvalue weighted by molar-refractivity contribution is 6.37. The summed E-state index contributed by atoms with van der Waals surface area (Å²) < 4.78 is 0. The predicted molar refractivity (Wildman–Crippen MR) is 48.5 cm³/mol. The van der Waals surface area contributed by atoms with Gasteiger partial charge in [-0.05, 0) is 13.0 Å². The molecule has 11 heavy (non-hydrogen) atoms. The van der Waals surface area contributed by atoms with Gasteiger partial charge in [0, 0.05) is 10.6 Å². The van der Waals surface area contributed by atoms with Crippen molar-refractivity contribution in [3.05, 3.63) is 22.2 Å². The fourth-order valence-corrected chi connectivity index (χ4v) is 0.560. The number of hydrogen-bond donors (Lipinski definition) is 1. The van der Waals surface area contributed by atoms with E-state index in [2.05, 4.69) is 0 Å². The maximum atomic E-state index is 10.3. The number of carboxylic acid groups (broad SMARTS) is 1. The quantitative estimate of drug-likeness (QED) is 0.385. The summed E-state index contributed by atoms with van der Waals surface area (Å²) >= 11 is 5.69. The highest BCUT2D eigenvalue weighted by Gasteiger charge is 1.99. The standard InChI is InChI=1S/C7H10BClO2/c1-4(7(10)11)3-6(9)5(2)8/h3H,8H2,1-2H3,(H,10,11)/b4-3+,6-5-. The molecule has 0 saturated carbocycles. The van der Waals surface area contributed by atoms with E-state index in [1.54, 1.807) is 0 Å². The van der Waals surface area contributed by atoms with Crippen LogP contribution in [0.2, 0.25) is 0 Å². The van der Waals surface area contributed by atoms with Crippen molar-refractivity contribution < 1.29 is 9.90 Å². The van der Waals surface area contributed by atoms with Crippen molar-refractivity contribution in [2.75, 3.05) is 0 Å². The van der Waals surface area contributed by atoms with Crippen molar-refractivity contribution in [3.63, 3.8) is 0 Å². The van der Waals surface area contributed by atoms with Crippen LogP contribution in [0, 0.1) is 0 Å². The molecule has 0 aliphatic carbocycles. The zero-order chi connectivity index (χ0) is 9.02. The van der Waals surface area contributed by atoms with Gasteiger partial charge in [0.15, 0.2) is 0 Å². The Labute approximate surface area is 72.0 Å². The molecule has 0 rings (SSSR count). The Morgan fingerprint density at radius 3 is 2.27 bits per heavy atom. The third-order valence-corrected chi connectivity index (χ3v) is 1.65. The lowest BCUT2D eigenvalue weighted by Crippen LogP contribution is -1.95. The van der Waals surface area contributed by atoms with Crippen LogP contribution in [0.4, 0.5) is 0 Å². The molecule has 0 aromatic carbocycles. The molecule has 0 aromatic rings. The second-order valence-corrected chi connectivity index (χ2v) is 2.89. The Morgan fingerprint density at radius 2 is 2.00 bits per heavy atom. The van der Waals surface area contributed by atoms with Crippen LogP contribution in [0.5, 0.6) is 0 Å². The highest BCUT2D eigenvalue weighted by atomic mass is 35.5. The van der Waals surface area contributed by atoms with Gasteiger partial charge in [-0.15, -0.1) is 0 Å². The van der Waals surface area contributed by atoms with Crippen LogP contribution in [0.15, 0.2) is 22.2 Å². The zero-order valence-corrected chi connectivity index (χ0v) is 7.57. The first-order valence-corrected chi connectivity index (χ1v) is 3.57. The Kier molecular flexibility index (Phi) is 3.97. The average Bonchev–Trinajstić information content (AvgIpc) is 1.87. The van der Waals surface area contributed by atoms with Gasteiger partial charge in [0.05, 0.1) is 0 Å². The molecule has 4 heteroatoms. The topological polar surface area (TPSA) is 37.3 Å². The van der Waals surface area contributed by atoms with Gasteiger partial charge in [0.25, 0.3) is 0 Å². The first-order valence-electron chi connectivity index (χ1n) is 3.19. The van der Waals surface area contributed by atoms with Gasteiger partial charge in [0.2, 0.25) is 0 Å². The van der Waals surface area contributed by atoms with Gasteiger partial charge >= 0.3 is 5.97 Å². The average molecular weight is 172 g/mol. The van der Waals surface area contributed by atoms with Gasteiger partial charge in [-0.2, -0.15) is 0 Å². The van der Waals surface area contributed by atoms with Crippen LogP contribution in [-0.2, 0) is 4.79 Å². The van der Waals surface area contributed by atoms with E-state index in [9.17, 15) is 4.79 Å². The second-order valence-electron chi connectivity index (χ2n) is 2.48. The molecule has 0 atom stereocenters. The molecule has 0 saturated heterocycles. The van der Waals surface area contributed by atoms with Crippen LogP contribution in [-0.4, -0.2) is 18.9 Å².